The molecule has 152 valence electrons. The molecule has 2 N–H and O–H groups in total. The van der Waals surface area contributed by atoms with Crippen LogP contribution in [-0.4, -0.2) is 49.6 Å². The highest BCUT2D eigenvalue weighted by atomic mass is 19.1. The summed E-state index contributed by atoms with van der Waals surface area (Å²) in [5, 5.41) is 5.33. The third kappa shape index (κ3) is 4.97. The number of ether oxygens (including phenoxy) is 1. The molecule has 7 nitrogen and oxygen atoms in total. The van der Waals surface area contributed by atoms with E-state index in [0.29, 0.717) is 37.2 Å². The topological polar surface area (TPSA) is 87.7 Å². The Kier molecular flexibility index (Phi) is 6.56. The van der Waals surface area contributed by atoms with Crippen LogP contribution in [0.1, 0.15) is 32.7 Å². The number of halogens is 1. The summed E-state index contributed by atoms with van der Waals surface area (Å²) in [6.45, 7) is 1.06. The minimum absolute atomic E-state index is 0.268. The van der Waals surface area contributed by atoms with E-state index in [4.69, 9.17) is 4.74 Å². The van der Waals surface area contributed by atoms with Gasteiger partial charge in [0.25, 0.3) is 11.8 Å². The lowest BCUT2D eigenvalue weighted by molar-refractivity contribution is 0.0638. The number of fused-ring (bicyclic) bond motifs is 1. The number of imide groups is 1. The third-order valence-electron chi connectivity index (χ3n) is 4.55. The average molecular weight is 399 g/mol. The molecule has 29 heavy (non-hydrogen) atoms. The van der Waals surface area contributed by atoms with Gasteiger partial charge in [-0.3, -0.25) is 14.5 Å². The first kappa shape index (κ1) is 20.5. The first-order chi connectivity index (χ1) is 14.0. The average Bonchev–Trinajstić information content (AvgIpc) is 2.92. The fourth-order valence-corrected chi connectivity index (χ4v) is 3.13. The monoisotopic (exact) mass is 399 g/mol. The van der Waals surface area contributed by atoms with Gasteiger partial charge in [-0.25, -0.2) is 9.18 Å². The van der Waals surface area contributed by atoms with Crippen LogP contribution in [0, 0.1) is 5.82 Å². The van der Waals surface area contributed by atoms with Crippen molar-refractivity contribution in [3.8, 4) is 0 Å². The Morgan fingerprint density at radius 2 is 1.90 bits per heavy atom. The molecule has 0 unspecified atom stereocenters. The molecule has 0 aliphatic carbocycles. The molecule has 0 fully saturated rings. The van der Waals surface area contributed by atoms with Gasteiger partial charge < -0.3 is 15.4 Å². The maximum absolute atomic E-state index is 13.2. The van der Waals surface area contributed by atoms with E-state index in [0.717, 1.165) is 5.56 Å². The molecule has 1 aliphatic rings. The van der Waals surface area contributed by atoms with E-state index in [9.17, 15) is 18.8 Å². The Labute approximate surface area is 167 Å². The molecule has 0 spiro atoms. The molecule has 0 saturated carbocycles. The lowest BCUT2D eigenvalue weighted by Crippen LogP contribution is -2.31. The molecule has 1 aliphatic heterocycles. The third-order valence-corrected chi connectivity index (χ3v) is 4.55. The Hall–Kier alpha value is -3.26. The van der Waals surface area contributed by atoms with E-state index >= 15 is 0 Å². The van der Waals surface area contributed by atoms with Gasteiger partial charge in [0.2, 0.25) is 0 Å². The van der Waals surface area contributed by atoms with Crippen molar-refractivity contribution in [2.75, 3.05) is 32.1 Å². The molecule has 1 heterocycles. The maximum Gasteiger partial charge on any atom is 0.319 e. The Morgan fingerprint density at radius 3 is 2.66 bits per heavy atom. The van der Waals surface area contributed by atoms with Crippen molar-refractivity contribution in [3.05, 3.63) is 65.0 Å². The van der Waals surface area contributed by atoms with E-state index in [-0.39, 0.29) is 29.7 Å². The van der Waals surface area contributed by atoms with Crippen LogP contribution in [-0.2, 0) is 11.2 Å². The van der Waals surface area contributed by atoms with Crippen LogP contribution in [0.4, 0.5) is 14.9 Å². The van der Waals surface area contributed by atoms with Gasteiger partial charge in [0.15, 0.2) is 0 Å². The number of benzene rings is 2. The van der Waals surface area contributed by atoms with Gasteiger partial charge in [0.1, 0.15) is 5.82 Å². The zero-order valence-electron chi connectivity index (χ0n) is 16.0. The molecular formula is C21H22FN3O4. The predicted octanol–water partition coefficient (Wildman–Crippen LogP) is 2.82. The summed E-state index contributed by atoms with van der Waals surface area (Å²) in [5.74, 6) is -1.04. The van der Waals surface area contributed by atoms with Crippen molar-refractivity contribution < 1.29 is 23.5 Å². The molecular weight excluding hydrogens is 377 g/mol. The van der Waals surface area contributed by atoms with Gasteiger partial charge in [0, 0.05) is 32.5 Å². The molecule has 0 aromatic heterocycles. The molecule has 0 saturated heterocycles. The second-order valence-electron chi connectivity index (χ2n) is 6.63. The highest BCUT2D eigenvalue weighted by Crippen LogP contribution is 2.26. The number of nitrogens with one attached hydrogen (secondary N) is 2. The van der Waals surface area contributed by atoms with Crippen molar-refractivity contribution in [3.63, 3.8) is 0 Å². The summed E-state index contributed by atoms with van der Waals surface area (Å²) >= 11 is 0. The van der Waals surface area contributed by atoms with E-state index < -0.39 is 6.03 Å². The van der Waals surface area contributed by atoms with Crippen molar-refractivity contribution >= 4 is 23.5 Å². The number of hydrogen-bond donors (Lipinski definition) is 2. The Bertz CT molecular complexity index is 932. The van der Waals surface area contributed by atoms with E-state index in [1.807, 2.05) is 0 Å². The lowest BCUT2D eigenvalue weighted by Gasteiger charge is -2.12. The normalized spacial score (nSPS) is 12.8. The van der Waals surface area contributed by atoms with Gasteiger partial charge in [-0.15, -0.1) is 0 Å². The van der Waals surface area contributed by atoms with Crippen molar-refractivity contribution in [1.82, 2.24) is 10.2 Å². The molecule has 2 aromatic rings. The molecule has 3 rings (SSSR count). The van der Waals surface area contributed by atoms with Gasteiger partial charge in [0.05, 0.1) is 11.1 Å². The van der Waals surface area contributed by atoms with E-state index in [2.05, 4.69) is 10.6 Å². The predicted molar refractivity (Wildman–Crippen MR) is 105 cm³/mol. The molecule has 0 bridgehead atoms. The molecule has 0 radical (unpaired) electrons. The highest BCUT2D eigenvalue weighted by Gasteiger charge is 2.35. The number of carbonyl (C=O) groups excluding carboxylic acids is 3. The summed E-state index contributed by atoms with van der Waals surface area (Å²) in [7, 11) is 1.56. The van der Waals surface area contributed by atoms with Gasteiger partial charge in [-0.1, -0.05) is 12.1 Å². The van der Waals surface area contributed by atoms with Crippen LogP contribution < -0.4 is 10.6 Å². The minimum atomic E-state index is -0.449. The van der Waals surface area contributed by atoms with Crippen LogP contribution in [0.15, 0.2) is 42.5 Å². The Balaban J connectivity index is 1.56. The van der Waals surface area contributed by atoms with Gasteiger partial charge >= 0.3 is 6.03 Å². The van der Waals surface area contributed by atoms with Crippen LogP contribution >= 0.6 is 0 Å². The number of urea groups is 1. The van der Waals surface area contributed by atoms with E-state index in [1.54, 1.807) is 25.3 Å². The SMILES string of the molecule is COCCCN1C(=O)c2ccc(NC(=O)NCCc3cccc(F)c3)cc2C1=O. The number of hydrogen-bond acceptors (Lipinski definition) is 4. The van der Waals surface area contributed by atoms with Gasteiger partial charge in [-0.2, -0.15) is 0 Å². The number of rotatable bonds is 8. The molecule has 2 aromatic carbocycles. The maximum atomic E-state index is 13.2. The van der Waals surface area contributed by atoms with Crippen molar-refractivity contribution in [2.45, 2.75) is 12.8 Å². The summed E-state index contributed by atoms with van der Waals surface area (Å²) in [4.78, 5) is 38.1. The summed E-state index contributed by atoms with van der Waals surface area (Å²) < 4.78 is 18.1. The number of methoxy groups -OCH3 is 1. The number of nitrogens with zero attached hydrogens (tertiary/aromatic N) is 1. The summed E-state index contributed by atoms with van der Waals surface area (Å²) in [5.41, 5.74) is 1.78. The molecule has 4 amide bonds. The largest absolute Gasteiger partial charge is 0.385 e. The first-order valence-corrected chi connectivity index (χ1v) is 9.28. The highest BCUT2D eigenvalue weighted by molar-refractivity contribution is 6.21. The standard InChI is InChI=1S/C21H22FN3O4/c1-29-11-3-10-25-19(26)17-7-6-16(13-18(17)20(25)27)24-21(28)23-9-8-14-4-2-5-15(22)12-14/h2,4-7,12-13H,3,8-11H2,1H3,(H2,23,24,28). The van der Waals surface area contributed by atoms with E-state index in [1.165, 1.54) is 29.2 Å². The zero-order valence-corrected chi connectivity index (χ0v) is 16.0. The summed E-state index contributed by atoms with van der Waals surface area (Å²) in [6, 6.07) is 10.3. The number of amides is 4. The fraction of sp³-hybridized carbons (Fsp3) is 0.286. The quantitative estimate of drug-likeness (QED) is 0.528. The van der Waals surface area contributed by atoms with Crippen LogP contribution in [0.5, 0.6) is 0 Å². The number of carbonyl (C=O) groups is 3. The Morgan fingerprint density at radius 1 is 1.10 bits per heavy atom. The van der Waals surface area contributed by atoms with Crippen LogP contribution in [0.2, 0.25) is 0 Å². The van der Waals surface area contributed by atoms with Crippen molar-refractivity contribution in [2.24, 2.45) is 0 Å². The number of anilines is 1. The lowest BCUT2D eigenvalue weighted by atomic mass is 10.1. The van der Waals surface area contributed by atoms with Crippen LogP contribution in [0.3, 0.4) is 0 Å². The fourth-order valence-electron chi connectivity index (χ4n) is 3.13. The summed E-state index contributed by atoms with van der Waals surface area (Å²) in [6.07, 6.45) is 1.04. The first-order valence-electron chi connectivity index (χ1n) is 9.28. The van der Waals surface area contributed by atoms with Gasteiger partial charge in [-0.05, 0) is 48.7 Å². The second kappa shape index (κ2) is 9.29. The smallest absolute Gasteiger partial charge is 0.319 e. The molecule has 8 heteroatoms. The molecule has 0 atom stereocenters. The van der Waals surface area contributed by atoms with Crippen LogP contribution in [0.25, 0.3) is 0 Å². The zero-order chi connectivity index (χ0) is 20.8. The minimum Gasteiger partial charge on any atom is -0.385 e. The second-order valence-corrected chi connectivity index (χ2v) is 6.63. The van der Waals surface area contributed by atoms with Crippen molar-refractivity contribution in [1.29, 1.82) is 0 Å².